The summed E-state index contributed by atoms with van der Waals surface area (Å²) >= 11 is 6.09. The standard InChI is InChI=1S/C13H10ClN3/c14-12-6-2-1-5-11(12)9-17-8-4-3-7-13(17)16-10-15/h1-8H,9H2/b16-13+. The highest BCUT2D eigenvalue weighted by atomic mass is 35.5. The Morgan fingerprint density at radius 2 is 1.94 bits per heavy atom. The zero-order valence-corrected chi connectivity index (χ0v) is 9.80. The maximum Gasteiger partial charge on any atom is 0.207 e. The first kappa shape index (κ1) is 11.4. The van der Waals surface area contributed by atoms with E-state index in [1.807, 2.05) is 47.2 Å². The largest absolute Gasteiger partial charge is 0.328 e. The zero-order chi connectivity index (χ0) is 12.1. The van der Waals surface area contributed by atoms with Crippen LogP contribution in [0.5, 0.6) is 0 Å². The van der Waals surface area contributed by atoms with Crippen LogP contribution in [0, 0.1) is 11.5 Å². The smallest absolute Gasteiger partial charge is 0.207 e. The normalized spacial score (nSPS) is 11.2. The molecule has 1 aromatic carbocycles. The van der Waals surface area contributed by atoms with Crippen molar-refractivity contribution in [3.63, 3.8) is 0 Å². The molecule has 0 aliphatic carbocycles. The summed E-state index contributed by atoms with van der Waals surface area (Å²) in [5.74, 6) is 0. The molecule has 0 radical (unpaired) electrons. The number of nitriles is 1. The first-order chi connectivity index (χ1) is 8.31. The molecule has 0 fully saturated rings. The van der Waals surface area contributed by atoms with Crippen molar-refractivity contribution < 1.29 is 0 Å². The Balaban J connectivity index is 2.41. The molecule has 0 saturated carbocycles. The second kappa shape index (κ2) is 5.33. The third-order valence-corrected chi connectivity index (χ3v) is 2.75. The van der Waals surface area contributed by atoms with Gasteiger partial charge in [-0.3, -0.25) is 0 Å². The van der Waals surface area contributed by atoms with Gasteiger partial charge in [-0.05, 0) is 23.8 Å². The Morgan fingerprint density at radius 1 is 1.18 bits per heavy atom. The van der Waals surface area contributed by atoms with Gasteiger partial charge in [0.25, 0.3) is 0 Å². The third kappa shape index (κ3) is 2.74. The summed E-state index contributed by atoms with van der Waals surface area (Å²) in [7, 11) is 0. The fourth-order valence-corrected chi connectivity index (χ4v) is 1.76. The Bertz CT molecular complexity index is 623. The molecule has 1 aromatic heterocycles. The fourth-order valence-electron chi connectivity index (χ4n) is 1.56. The number of hydrogen-bond donors (Lipinski definition) is 0. The number of aromatic nitrogens is 1. The molecule has 3 nitrogen and oxygen atoms in total. The quantitative estimate of drug-likeness (QED) is 0.748. The maximum atomic E-state index is 8.61. The van der Waals surface area contributed by atoms with Crippen molar-refractivity contribution in [2.45, 2.75) is 6.54 Å². The maximum absolute atomic E-state index is 8.61. The Kier molecular flexibility index (Phi) is 3.59. The number of halogens is 1. The number of nitrogens with zero attached hydrogens (tertiary/aromatic N) is 3. The summed E-state index contributed by atoms with van der Waals surface area (Å²) in [6.07, 6.45) is 3.67. The molecule has 0 N–H and O–H groups in total. The molecule has 0 unspecified atom stereocenters. The highest BCUT2D eigenvalue weighted by molar-refractivity contribution is 6.31. The van der Waals surface area contributed by atoms with E-state index >= 15 is 0 Å². The van der Waals surface area contributed by atoms with Crippen molar-refractivity contribution in [2.75, 3.05) is 0 Å². The van der Waals surface area contributed by atoms with Gasteiger partial charge in [-0.15, -0.1) is 0 Å². The topological polar surface area (TPSA) is 41.1 Å². The van der Waals surface area contributed by atoms with Gasteiger partial charge < -0.3 is 4.57 Å². The van der Waals surface area contributed by atoms with Gasteiger partial charge in [0.1, 0.15) is 5.49 Å². The lowest BCUT2D eigenvalue weighted by Crippen LogP contribution is -2.20. The highest BCUT2D eigenvalue weighted by Crippen LogP contribution is 2.15. The highest BCUT2D eigenvalue weighted by Gasteiger charge is 2.00. The summed E-state index contributed by atoms with van der Waals surface area (Å²) in [4.78, 5) is 3.76. The molecule has 0 atom stereocenters. The molecule has 1 heterocycles. The van der Waals surface area contributed by atoms with E-state index in [2.05, 4.69) is 4.99 Å². The van der Waals surface area contributed by atoms with E-state index in [4.69, 9.17) is 16.9 Å². The van der Waals surface area contributed by atoms with Crippen molar-refractivity contribution in [3.8, 4) is 6.19 Å². The van der Waals surface area contributed by atoms with Crippen molar-refractivity contribution in [1.82, 2.24) is 4.57 Å². The summed E-state index contributed by atoms with van der Waals surface area (Å²) in [5.41, 5.74) is 1.62. The molecule has 0 aliphatic rings. The molecule has 0 bridgehead atoms. The van der Waals surface area contributed by atoms with Crippen molar-refractivity contribution >= 4 is 11.6 Å². The number of rotatable bonds is 2. The lowest BCUT2D eigenvalue weighted by molar-refractivity contribution is 0.744. The van der Waals surface area contributed by atoms with Crippen LogP contribution in [0.4, 0.5) is 0 Å². The summed E-state index contributed by atoms with van der Waals surface area (Å²) in [6.45, 7) is 0.598. The minimum atomic E-state index is 0.598. The minimum absolute atomic E-state index is 0.598. The molecular weight excluding hydrogens is 234 g/mol. The van der Waals surface area contributed by atoms with E-state index in [0.29, 0.717) is 17.1 Å². The predicted molar refractivity (Wildman–Crippen MR) is 66.2 cm³/mol. The molecule has 0 spiro atoms. The SMILES string of the molecule is N#C/N=c1\ccccn1Cc1ccccc1Cl. The van der Waals surface area contributed by atoms with Gasteiger partial charge in [0.15, 0.2) is 0 Å². The van der Waals surface area contributed by atoms with E-state index < -0.39 is 0 Å². The molecule has 17 heavy (non-hydrogen) atoms. The van der Waals surface area contributed by atoms with Crippen LogP contribution in [0.15, 0.2) is 53.7 Å². The number of pyridine rings is 1. The molecule has 0 amide bonds. The van der Waals surface area contributed by atoms with Crippen LogP contribution >= 0.6 is 11.6 Å². The van der Waals surface area contributed by atoms with Gasteiger partial charge >= 0.3 is 0 Å². The Hall–Kier alpha value is -2.05. The van der Waals surface area contributed by atoms with Crippen LogP contribution in [-0.4, -0.2) is 4.57 Å². The summed E-state index contributed by atoms with van der Waals surface area (Å²) in [5, 5.41) is 9.32. The van der Waals surface area contributed by atoms with Crippen molar-refractivity contribution in [2.24, 2.45) is 4.99 Å². The Labute approximate surface area is 104 Å². The van der Waals surface area contributed by atoms with Gasteiger partial charge in [0, 0.05) is 11.2 Å². The molecule has 84 valence electrons. The first-order valence-corrected chi connectivity index (χ1v) is 5.51. The van der Waals surface area contributed by atoms with Crippen LogP contribution in [-0.2, 0) is 6.54 Å². The van der Waals surface area contributed by atoms with Gasteiger partial charge in [-0.1, -0.05) is 35.9 Å². The lowest BCUT2D eigenvalue weighted by Gasteiger charge is -2.08. The minimum Gasteiger partial charge on any atom is -0.328 e. The van der Waals surface area contributed by atoms with Gasteiger partial charge in [-0.2, -0.15) is 10.3 Å². The van der Waals surface area contributed by atoms with Crippen LogP contribution in [0.25, 0.3) is 0 Å². The zero-order valence-electron chi connectivity index (χ0n) is 9.05. The predicted octanol–water partition coefficient (Wildman–Crippen LogP) is 2.57. The van der Waals surface area contributed by atoms with E-state index in [9.17, 15) is 0 Å². The average molecular weight is 244 g/mol. The molecule has 2 aromatic rings. The van der Waals surface area contributed by atoms with Gasteiger partial charge in [0.2, 0.25) is 6.19 Å². The summed E-state index contributed by atoms with van der Waals surface area (Å²) < 4.78 is 1.88. The second-order valence-electron chi connectivity index (χ2n) is 3.49. The van der Waals surface area contributed by atoms with Crippen molar-refractivity contribution in [1.29, 1.82) is 5.26 Å². The third-order valence-electron chi connectivity index (χ3n) is 2.38. The van der Waals surface area contributed by atoms with E-state index in [1.54, 1.807) is 12.3 Å². The van der Waals surface area contributed by atoms with Gasteiger partial charge in [0.05, 0.1) is 6.54 Å². The lowest BCUT2D eigenvalue weighted by atomic mass is 10.2. The first-order valence-electron chi connectivity index (χ1n) is 5.13. The summed E-state index contributed by atoms with van der Waals surface area (Å²) in [6, 6.07) is 13.2. The monoisotopic (exact) mass is 243 g/mol. The van der Waals surface area contributed by atoms with Crippen LogP contribution < -0.4 is 5.49 Å². The average Bonchev–Trinajstić information content (AvgIpc) is 2.35. The van der Waals surface area contributed by atoms with Gasteiger partial charge in [-0.25, -0.2) is 0 Å². The molecule has 0 saturated heterocycles. The molecular formula is C13H10ClN3. The van der Waals surface area contributed by atoms with E-state index in [-0.39, 0.29) is 0 Å². The fraction of sp³-hybridized carbons (Fsp3) is 0.0769. The van der Waals surface area contributed by atoms with E-state index in [0.717, 1.165) is 5.56 Å². The number of benzene rings is 1. The van der Waals surface area contributed by atoms with Crippen LogP contribution in [0.2, 0.25) is 5.02 Å². The Morgan fingerprint density at radius 3 is 2.71 bits per heavy atom. The molecule has 0 aliphatic heterocycles. The van der Waals surface area contributed by atoms with Crippen LogP contribution in [0.3, 0.4) is 0 Å². The molecule has 4 heteroatoms. The van der Waals surface area contributed by atoms with Crippen molar-refractivity contribution in [3.05, 3.63) is 64.7 Å². The van der Waals surface area contributed by atoms with E-state index in [1.165, 1.54) is 0 Å². The van der Waals surface area contributed by atoms with Crippen LogP contribution in [0.1, 0.15) is 5.56 Å². The molecule has 2 rings (SSSR count). The number of hydrogen-bond acceptors (Lipinski definition) is 2. The second-order valence-corrected chi connectivity index (χ2v) is 3.90.